The molecule has 0 spiro atoms. The van der Waals surface area contributed by atoms with Crippen molar-refractivity contribution in [1.82, 2.24) is 0 Å². The summed E-state index contributed by atoms with van der Waals surface area (Å²) in [6, 6.07) is 0. The van der Waals surface area contributed by atoms with E-state index >= 15 is 0 Å². The number of sulfone groups is 1. The molecule has 0 rings (SSSR count). The first-order chi connectivity index (χ1) is 3.71. The summed E-state index contributed by atoms with van der Waals surface area (Å²) < 4.78 is 32.5. The first-order valence-corrected chi connectivity index (χ1v) is 6.59. The van der Waals surface area contributed by atoms with Crippen LogP contribution in [0.4, 0.5) is 0 Å². The average Bonchev–Trinajstić information content (AvgIpc) is 1.14. The lowest BCUT2D eigenvalue weighted by Crippen LogP contribution is -2.06. The molecule has 0 unspecified atom stereocenters. The van der Waals surface area contributed by atoms with Gasteiger partial charge in [0.15, 0.2) is 9.84 Å². The van der Waals surface area contributed by atoms with Gasteiger partial charge in [0.25, 0.3) is 0 Å². The lowest BCUT2D eigenvalue weighted by molar-refractivity contribution is 0.613. The van der Waals surface area contributed by atoms with Gasteiger partial charge in [0.1, 0.15) is 0 Å². The van der Waals surface area contributed by atoms with E-state index in [1.54, 1.807) is 0 Å². The topological polar surface area (TPSA) is 51.2 Å². The molecule has 0 amide bonds. The monoisotopic (exact) mass is 170 g/mol. The molecule has 0 aliphatic heterocycles. The Bertz CT molecular complexity index is 282. The van der Waals surface area contributed by atoms with Gasteiger partial charge in [0.05, 0.1) is 4.70 Å². The van der Waals surface area contributed by atoms with Crippen LogP contribution >= 0.6 is 0 Å². The summed E-state index contributed by atoms with van der Waals surface area (Å²) in [6.45, 7) is 0. The molecular formula is C4H10O3S2. The van der Waals surface area contributed by atoms with Crippen molar-refractivity contribution in [2.75, 3.05) is 18.8 Å². The minimum absolute atomic E-state index is 0.875. The van der Waals surface area contributed by atoms with Crippen molar-refractivity contribution in [3.8, 4) is 0 Å². The van der Waals surface area contributed by atoms with Crippen LogP contribution < -0.4 is 0 Å². The third-order valence-corrected chi connectivity index (χ3v) is 3.66. The highest BCUT2D eigenvalue weighted by atomic mass is 32.3. The Hall–Kier alpha value is -0.0300. The molecule has 0 atom stereocenters. The van der Waals surface area contributed by atoms with E-state index in [-0.39, 0.29) is 0 Å². The van der Waals surface area contributed by atoms with Crippen LogP contribution in [0.2, 0.25) is 0 Å². The van der Waals surface area contributed by atoms with Crippen molar-refractivity contribution < 1.29 is 12.6 Å². The molecule has 3 nitrogen and oxygen atoms in total. The minimum Gasteiger partial charge on any atom is -0.267 e. The number of rotatable bonds is 1. The molecular weight excluding hydrogens is 160 g/mol. The van der Waals surface area contributed by atoms with Crippen LogP contribution in [0.15, 0.2) is 0 Å². The van der Waals surface area contributed by atoms with Crippen LogP contribution in [-0.2, 0) is 19.4 Å². The van der Waals surface area contributed by atoms with Crippen LogP contribution in [-0.4, -0.2) is 36.1 Å². The van der Waals surface area contributed by atoms with Crippen LogP contribution in [0.25, 0.3) is 0 Å². The van der Waals surface area contributed by atoms with Gasteiger partial charge in [-0.2, -0.15) is 0 Å². The van der Waals surface area contributed by atoms with E-state index in [0.29, 0.717) is 0 Å². The standard InChI is InChI=1S/C4H10O3S2/c1-8(2,5)4-9(3,6)7/h4H,1-3H3. The highest BCUT2D eigenvalue weighted by Crippen LogP contribution is 1.80. The van der Waals surface area contributed by atoms with E-state index < -0.39 is 19.4 Å². The van der Waals surface area contributed by atoms with Gasteiger partial charge in [-0.05, 0) is 9.52 Å². The normalized spacial score (nSPS) is 13.2. The molecule has 0 aliphatic carbocycles. The molecule has 0 radical (unpaired) electrons. The van der Waals surface area contributed by atoms with Gasteiger partial charge in [-0.3, -0.25) is 4.21 Å². The second kappa shape index (κ2) is 2.30. The number of hydrogen-bond acceptors (Lipinski definition) is 3. The summed E-state index contributed by atoms with van der Waals surface area (Å²) >= 11 is 0. The van der Waals surface area contributed by atoms with Crippen LogP contribution in [0.5, 0.6) is 0 Å². The fourth-order valence-corrected chi connectivity index (χ4v) is 3.79. The third kappa shape index (κ3) is 7.97. The molecule has 0 heterocycles. The van der Waals surface area contributed by atoms with Gasteiger partial charge in [0.2, 0.25) is 0 Å². The maximum absolute atomic E-state index is 10.8. The van der Waals surface area contributed by atoms with Crippen LogP contribution in [0.3, 0.4) is 0 Å². The molecule has 56 valence electrons. The smallest absolute Gasteiger partial charge is 0.176 e. The van der Waals surface area contributed by atoms with Crippen molar-refractivity contribution in [2.24, 2.45) is 0 Å². The lowest BCUT2D eigenvalue weighted by atomic mass is 11.9. The Kier molecular flexibility index (Phi) is 2.29. The number of hydrogen-bond donors (Lipinski definition) is 0. The summed E-state index contributed by atoms with van der Waals surface area (Å²) in [7, 11) is -5.43. The molecule has 0 aromatic rings. The minimum atomic E-state index is -3.18. The molecule has 9 heavy (non-hydrogen) atoms. The second-order valence-corrected chi connectivity index (χ2v) is 7.28. The Morgan fingerprint density at radius 2 is 1.33 bits per heavy atom. The summed E-state index contributed by atoms with van der Waals surface area (Å²) in [5.74, 6) is 0. The van der Waals surface area contributed by atoms with E-state index in [9.17, 15) is 12.6 Å². The predicted octanol–water partition coefficient (Wildman–Crippen LogP) is -0.665. The van der Waals surface area contributed by atoms with Crippen LogP contribution in [0.1, 0.15) is 0 Å². The van der Waals surface area contributed by atoms with Gasteiger partial charge in [-0.15, -0.1) is 0 Å². The highest BCUT2D eigenvalue weighted by Gasteiger charge is 1.97. The van der Waals surface area contributed by atoms with Crippen molar-refractivity contribution >= 4 is 24.1 Å². The SMILES string of the molecule is CS(=O)(=O)C=S(C)(C)=O. The molecule has 0 fully saturated rings. The molecule has 0 aliphatic rings. The first kappa shape index (κ1) is 8.97. The summed E-state index contributed by atoms with van der Waals surface area (Å²) in [4.78, 5) is 0. The molecule has 0 aromatic heterocycles. The maximum atomic E-state index is 10.8. The molecule has 0 aromatic carbocycles. The van der Waals surface area contributed by atoms with Gasteiger partial charge in [-0.25, -0.2) is 8.42 Å². The fraction of sp³-hybridized carbons (Fsp3) is 0.750. The Morgan fingerprint density at radius 3 is 1.33 bits per heavy atom. The lowest BCUT2D eigenvalue weighted by Gasteiger charge is -1.90. The Morgan fingerprint density at radius 1 is 1.00 bits per heavy atom. The first-order valence-electron chi connectivity index (χ1n) is 2.20. The zero-order valence-electron chi connectivity index (χ0n) is 5.62. The summed E-state index contributed by atoms with van der Waals surface area (Å²) in [5.41, 5.74) is 0. The van der Waals surface area contributed by atoms with E-state index in [2.05, 4.69) is 0 Å². The van der Waals surface area contributed by atoms with Crippen molar-refractivity contribution in [3.63, 3.8) is 0 Å². The molecule has 0 bridgehead atoms. The van der Waals surface area contributed by atoms with Gasteiger partial charge in [0, 0.05) is 18.8 Å². The quantitative estimate of drug-likeness (QED) is 0.491. The molecule has 0 N–H and O–H groups in total. The second-order valence-electron chi connectivity index (χ2n) is 2.23. The van der Waals surface area contributed by atoms with Gasteiger partial charge in [-0.1, -0.05) is 0 Å². The van der Waals surface area contributed by atoms with E-state index in [1.807, 2.05) is 0 Å². The van der Waals surface area contributed by atoms with Crippen molar-refractivity contribution in [3.05, 3.63) is 0 Å². The Labute approximate surface area is 56.0 Å². The van der Waals surface area contributed by atoms with Crippen molar-refractivity contribution in [2.45, 2.75) is 0 Å². The third-order valence-electron chi connectivity index (χ3n) is 0.407. The van der Waals surface area contributed by atoms with E-state index in [0.717, 1.165) is 11.0 Å². The highest BCUT2D eigenvalue weighted by molar-refractivity contribution is 8.20. The van der Waals surface area contributed by atoms with E-state index in [1.165, 1.54) is 12.5 Å². The molecule has 0 saturated heterocycles. The predicted molar refractivity (Wildman–Crippen MR) is 40.9 cm³/mol. The van der Waals surface area contributed by atoms with E-state index in [4.69, 9.17) is 0 Å². The Balaban J connectivity index is 5.01. The molecule has 5 heteroatoms. The largest absolute Gasteiger partial charge is 0.267 e. The molecule has 0 saturated carbocycles. The zero-order chi connectivity index (χ0) is 7.71. The fourth-order valence-electron chi connectivity index (χ4n) is 0.421. The van der Waals surface area contributed by atoms with Gasteiger partial charge < -0.3 is 0 Å². The van der Waals surface area contributed by atoms with Crippen molar-refractivity contribution in [1.29, 1.82) is 0 Å². The summed E-state index contributed by atoms with van der Waals surface area (Å²) in [6.07, 6.45) is 3.79. The van der Waals surface area contributed by atoms with Crippen LogP contribution in [0, 0.1) is 0 Å². The summed E-state index contributed by atoms with van der Waals surface area (Å²) in [5, 5.41) is 0. The zero-order valence-corrected chi connectivity index (χ0v) is 7.25. The average molecular weight is 170 g/mol. The van der Waals surface area contributed by atoms with Gasteiger partial charge >= 0.3 is 0 Å². The maximum Gasteiger partial charge on any atom is 0.176 e.